The first kappa shape index (κ1) is 21.3. The van der Waals surface area contributed by atoms with E-state index in [1.165, 1.54) is 18.6 Å². The molecule has 1 aromatic carbocycles. The fourth-order valence-electron chi connectivity index (χ4n) is 5.14. The second-order valence-electron chi connectivity index (χ2n) is 8.96. The third kappa shape index (κ3) is 3.16. The number of rotatable bonds is 5. The monoisotopic (exact) mass is 454 g/mol. The van der Waals surface area contributed by atoms with Gasteiger partial charge in [-0.25, -0.2) is 4.39 Å². The van der Waals surface area contributed by atoms with E-state index in [1.807, 2.05) is 24.3 Å². The second kappa shape index (κ2) is 7.24. The van der Waals surface area contributed by atoms with Crippen molar-refractivity contribution in [1.82, 2.24) is 4.57 Å². The SMILES string of the molecule is COc1c(N2CC3C=CC=CC3(N)C2)c(F)cc2c(=O)cc(C(C)=O)n(C3CC3[N+](=O)[O-])c12. The second-order valence-corrected chi connectivity index (χ2v) is 8.96. The summed E-state index contributed by atoms with van der Waals surface area (Å²) >= 11 is 0. The number of Topliss-reactive ketones (excluding diaryl/α,β-unsaturated/α-hetero) is 1. The normalized spacial score (nSPS) is 27.6. The van der Waals surface area contributed by atoms with Crippen LogP contribution in [0.15, 0.2) is 41.2 Å². The van der Waals surface area contributed by atoms with Crippen LogP contribution in [-0.2, 0) is 0 Å². The van der Waals surface area contributed by atoms with Crippen LogP contribution >= 0.6 is 0 Å². The van der Waals surface area contributed by atoms with Gasteiger partial charge in [-0.05, 0) is 6.07 Å². The van der Waals surface area contributed by atoms with Gasteiger partial charge in [0.25, 0.3) is 0 Å². The predicted molar refractivity (Wildman–Crippen MR) is 120 cm³/mol. The van der Waals surface area contributed by atoms with Crippen molar-refractivity contribution in [2.45, 2.75) is 31.0 Å². The molecule has 1 aliphatic heterocycles. The minimum atomic E-state index is -0.899. The number of fused-ring (bicyclic) bond motifs is 2. The van der Waals surface area contributed by atoms with Crippen LogP contribution < -0.4 is 20.8 Å². The fourth-order valence-corrected chi connectivity index (χ4v) is 5.14. The highest BCUT2D eigenvalue weighted by molar-refractivity contribution is 5.98. The average Bonchev–Trinajstić information content (AvgIpc) is 3.47. The molecule has 5 rings (SSSR count). The largest absolute Gasteiger partial charge is 0.492 e. The first-order chi connectivity index (χ1) is 15.7. The lowest BCUT2D eigenvalue weighted by molar-refractivity contribution is -0.497. The summed E-state index contributed by atoms with van der Waals surface area (Å²) in [4.78, 5) is 38.0. The van der Waals surface area contributed by atoms with Gasteiger partial charge < -0.3 is 19.9 Å². The van der Waals surface area contributed by atoms with Crippen LogP contribution in [0.2, 0.25) is 0 Å². The van der Waals surface area contributed by atoms with Gasteiger partial charge in [0, 0.05) is 43.3 Å². The minimum Gasteiger partial charge on any atom is -0.492 e. The quantitative estimate of drug-likeness (QED) is 0.418. The van der Waals surface area contributed by atoms with Crippen LogP contribution in [0.3, 0.4) is 0 Å². The summed E-state index contributed by atoms with van der Waals surface area (Å²) in [6.45, 7) is 2.03. The number of hydrogen-bond donors (Lipinski definition) is 1. The number of ketones is 1. The Kier molecular flexibility index (Phi) is 4.68. The molecule has 0 bridgehead atoms. The molecule has 33 heavy (non-hydrogen) atoms. The Morgan fingerprint density at radius 3 is 2.73 bits per heavy atom. The number of allylic oxidation sites excluding steroid dienone is 2. The van der Waals surface area contributed by atoms with Crippen LogP contribution in [0.4, 0.5) is 10.1 Å². The summed E-state index contributed by atoms with van der Waals surface area (Å²) in [7, 11) is 1.35. The summed E-state index contributed by atoms with van der Waals surface area (Å²) in [5.41, 5.74) is 5.67. The van der Waals surface area contributed by atoms with Crippen molar-refractivity contribution in [3.05, 3.63) is 68.3 Å². The molecule has 1 saturated carbocycles. The number of ether oxygens (including phenoxy) is 1. The maximum atomic E-state index is 15.5. The maximum absolute atomic E-state index is 15.5. The van der Waals surface area contributed by atoms with Crippen molar-refractivity contribution in [2.24, 2.45) is 11.7 Å². The van der Waals surface area contributed by atoms with Gasteiger partial charge in [0.2, 0.25) is 6.04 Å². The van der Waals surface area contributed by atoms with Gasteiger partial charge >= 0.3 is 0 Å². The molecule has 3 aliphatic rings. The van der Waals surface area contributed by atoms with E-state index in [0.29, 0.717) is 13.1 Å². The lowest BCUT2D eigenvalue weighted by atomic mass is 9.85. The number of aromatic nitrogens is 1. The molecule has 2 N–H and O–H groups in total. The van der Waals surface area contributed by atoms with Crippen LogP contribution in [0.25, 0.3) is 10.9 Å². The zero-order valence-electron chi connectivity index (χ0n) is 18.2. The zero-order valence-corrected chi connectivity index (χ0v) is 18.2. The van der Waals surface area contributed by atoms with E-state index in [0.717, 1.165) is 12.1 Å². The van der Waals surface area contributed by atoms with Gasteiger partial charge in [-0.3, -0.25) is 19.7 Å². The van der Waals surface area contributed by atoms with Gasteiger partial charge in [0.05, 0.1) is 29.2 Å². The fraction of sp³-hybridized carbons (Fsp3) is 0.391. The highest BCUT2D eigenvalue weighted by Gasteiger charge is 2.52. The summed E-state index contributed by atoms with van der Waals surface area (Å²) in [6, 6.07) is 0.704. The van der Waals surface area contributed by atoms with Crippen molar-refractivity contribution in [2.75, 3.05) is 25.1 Å². The van der Waals surface area contributed by atoms with Gasteiger partial charge in [-0.15, -0.1) is 0 Å². The topological polar surface area (TPSA) is 121 Å². The molecule has 1 saturated heterocycles. The Morgan fingerprint density at radius 1 is 1.36 bits per heavy atom. The Hall–Kier alpha value is -3.53. The van der Waals surface area contributed by atoms with Crippen LogP contribution in [0.1, 0.15) is 29.9 Å². The number of halogens is 1. The summed E-state index contributed by atoms with van der Waals surface area (Å²) in [5, 5.41) is 11.4. The molecular formula is C23H23FN4O5. The molecule has 0 amide bonds. The number of benzene rings is 1. The van der Waals surface area contributed by atoms with E-state index in [2.05, 4.69) is 0 Å². The first-order valence-corrected chi connectivity index (χ1v) is 10.7. The van der Waals surface area contributed by atoms with Crippen molar-refractivity contribution < 1.29 is 18.8 Å². The number of carbonyl (C=O) groups excluding carboxylic acids is 1. The van der Waals surface area contributed by atoms with E-state index < -0.39 is 39.6 Å². The Morgan fingerprint density at radius 2 is 2.12 bits per heavy atom. The summed E-state index contributed by atoms with van der Waals surface area (Å²) < 4.78 is 22.6. The molecule has 0 radical (unpaired) electrons. The molecule has 2 heterocycles. The molecule has 2 aliphatic carbocycles. The molecule has 9 nitrogen and oxygen atoms in total. The van der Waals surface area contributed by atoms with Gasteiger partial charge in [0.1, 0.15) is 11.7 Å². The lowest BCUT2D eigenvalue weighted by Gasteiger charge is -2.27. The van der Waals surface area contributed by atoms with E-state index in [9.17, 15) is 19.7 Å². The van der Waals surface area contributed by atoms with Crippen molar-refractivity contribution in [3.8, 4) is 5.75 Å². The number of nitrogens with zero attached hydrogens (tertiary/aromatic N) is 3. The lowest BCUT2D eigenvalue weighted by Crippen LogP contribution is -2.46. The smallest absolute Gasteiger partial charge is 0.236 e. The molecule has 2 aromatic rings. The van der Waals surface area contributed by atoms with Gasteiger partial charge in [-0.2, -0.15) is 0 Å². The third-order valence-electron chi connectivity index (χ3n) is 6.86. The number of hydrogen-bond acceptors (Lipinski definition) is 7. The summed E-state index contributed by atoms with van der Waals surface area (Å²) in [6.07, 6.45) is 7.82. The van der Waals surface area contributed by atoms with E-state index in [-0.39, 0.29) is 40.4 Å². The first-order valence-electron chi connectivity index (χ1n) is 10.7. The third-order valence-corrected chi connectivity index (χ3v) is 6.86. The highest BCUT2D eigenvalue weighted by atomic mass is 19.1. The van der Waals surface area contributed by atoms with Crippen LogP contribution in [0, 0.1) is 21.8 Å². The molecule has 1 aromatic heterocycles. The molecule has 4 unspecified atom stereocenters. The number of carbonyl (C=O) groups is 1. The van der Waals surface area contributed by atoms with Crippen molar-refractivity contribution >= 4 is 22.4 Å². The molecule has 172 valence electrons. The van der Waals surface area contributed by atoms with E-state index >= 15 is 4.39 Å². The number of nitro groups is 1. The highest BCUT2D eigenvalue weighted by Crippen LogP contribution is 2.47. The number of nitrogens with two attached hydrogens (primary N) is 1. The van der Waals surface area contributed by atoms with Gasteiger partial charge in [-0.1, -0.05) is 24.3 Å². The van der Waals surface area contributed by atoms with Crippen molar-refractivity contribution in [1.29, 1.82) is 0 Å². The van der Waals surface area contributed by atoms with Crippen LogP contribution in [-0.4, -0.2) is 47.1 Å². The maximum Gasteiger partial charge on any atom is 0.236 e. The number of pyridine rings is 1. The summed E-state index contributed by atoms with van der Waals surface area (Å²) in [5.74, 6) is -1.06. The zero-order chi connectivity index (χ0) is 23.7. The van der Waals surface area contributed by atoms with Crippen molar-refractivity contribution in [3.63, 3.8) is 0 Å². The predicted octanol–water partition coefficient (Wildman–Crippen LogP) is 2.20. The number of anilines is 1. The number of methoxy groups -OCH3 is 1. The molecule has 4 atom stereocenters. The molecule has 2 fully saturated rings. The molecule has 0 spiro atoms. The Balaban J connectivity index is 1.78. The molecule has 10 heteroatoms. The molecular weight excluding hydrogens is 431 g/mol. The minimum absolute atomic E-state index is 0.00552. The van der Waals surface area contributed by atoms with Crippen LogP contribution in [0.5, 0.6) is 5.75 Å². The Labute approximate surface area is 188 Å². The Bertz CT molecular complexity index is 1330. The van der Waals surface area contributed by atoms with E-state index in [4.69, 9.17) is 10.5 Å². The van der Waals surface area contributed by atoms with Gasteiger partial charge in [0.15, 0.2) is 22.8 Å². The standard InChI is InChI=1S/C23H23FN4O5/c1-12(29)16-9-19(30)14-7-15(24)21(26-10-13-5-3-4-6-23(13,25)11-26)22(33-2)20(14)27(16)17-8-18(17)28(31)32/h3-7,9,13,17-18H,8,10-11,25H2,1-2H3. The average molecular weight is 454 g/mol. The van der Waals surface area contributed by atoms with E-state index in [1.54, 1.807) is 4.90 Å².